The lowest BCUT2D eigenvalue weighted by Crippen LogP contribution is -2.46. The summed E-state index contributed by atoms with van der Waals surface area (Å²) in [6, 6.07) is 8.21. The molecule has 3 heterocycles. The Labute approximate surface area is 147 Å². The van der Waals surface area contributed by atoms with Crippen molar-refractivity contribution < 1.29 is 13.2 Å². The summed E-state index contributed by atoms with van der Waals surface area (Å²) in [5.41, 5.74) is 0.462. The van der Waals surface area contributed by atoms with Gasteiger partial charge in [0.25, 0.3) is 0 Å². The molecule has 0 unspecified atom stereocenters. The Kier molecular flexibility index (Phi) is 4.21. The van der Waals surface area contributed by atoms with Gasteiger partial charge in [-0.05, 0) is 37.8 Å². The minimum Gasteiger partial charge on any atom is -0.341 e. The van der Waals surface area contributed by atoms with Crippen LogP contribution in [0.4, 0.5) is 0 Å². The standard InChI is InChI=1S/C18H21N3O3S/c22-18(20-11-1-2-12-20)15-8-5-13-21(15)25(23,24)16-9-3-6-14-7-4-10-19-17(14)16/h3-4,6-7,9-10,15H,1-2,5,8,11-13H2/t15-/m0/s1. The van der Waals surface area contributed by atoms with Crippen molar-refractivity contribution in [2.45, 2.75) is 36.6 Å². The molecular formula is C18H21N3O3S. The van der Waals surface area contributed by atoms with Gasteiger partial charge >= 0.3 is 0 Å². The molecule has 1 amide bonds. The fourth-order valence-corrected chi connectivity index (χ4v) is 5.65. The first-order valence-corrected chi connectivity index (χ1v) is 10.2. The molecule has 1 aromatic carbocycles. The Hall–Kier alpha value is -1.99. The molecule has 2 saturated heterocycles. The summed E-state index contributed by atoms with van der Waals surface area (Å²) < 4.78 is 28.0. The number of benzene rings is 1. The summed E-state index contributed by atoms with van der Waals surface area (Å²) >= 11 is 0. The van der Waals surface area contributed by atoms with Crippen molar-refractivity contribution >= 4 is 26.8 Å². The second kappa shape index (κ2) is 6.38. The van der Waals surface area contributed by atoms with E-state index in [1.54, 1.807) is 29.3 Å². The Bertz CT molecular complexity index is 901. The van der Waals surface area contributed by atoms with Crippen molar-refractivity contribution in [3.05, 3.63) is 36.5 Å². The van der Waals surface area contributed by atoms with E-state index >= 15 is 0 Å². The molecule has 132 valence electrons. The van der Waals surface area contributed by atoms with Crippen LogP contribution in [0, 0.1) is 0 Å². The lowest BCUT2D eigenvalue weighted by atomic mass is 10.2. The predicted molar refractivity (Wildman–Crippen MR) is 94.5 cm³/mol. The highest BCUT2D eigenvalue weighted by atomic mass is 32.2. The maximum Gasteiger partial charge on any atom is 0.245 e. The normalized spacial score (nSPS) is 21.9. The highest BCUT2D eigenvalue weighted by Gasteiger charge is 2.42. The van der Waals surface area contributed by atoms with Crippen molar-refractivity contribution in [1.29, 1.82) is 0 Å². The molecule has 0 saturated carbocycles. The topological polar surface area (TPSA) is 70.6 Å². The number of pyridine rings is 1. The molecule has 0 bridgehead atoms. The Morgan fingerprint density at radius 2 is 1.80 bits per heavy atom. The number of hydrogen-bond acceptors (Lipinski definition) is 4. The van der Waals surface area contributed by atoms with Gasteiger partial charge in [-0.25, -0.2) is 8.42 Å². The average Bonchev–Trinajstić information content (AvgIpc) is 3.32. The van der Waals surface area contributed by atoms with Crippen LogP contribution in [-0.4, -0.2) is 54.2 Å². The number of aromatic nitrogens is 1. The number of para-hydroxylation sites is 1. The van der Waals surface area contributed by atoms with Gasteiger partial charge in [0.05, 0.1) is 5.52 Å². The number of amides is 1. The third-order valence-corrected chi connectivity index (χ3v) is 7.03. The van der Waals surface area contributed by atoms with Crippen molar-refractivity contribution in [3.63, 3.8) is 0 Å². The number of carbonyl (C=O) groups excluding carboxylic acids is 1. The van der Waals surface area contributed by atoms with Crippen molar-refractivity contribution in [2.75, 3.05) is 19.6 Å². The predicted octanol–water partition coefficient (Wildman–Crippen LogP) is 2.01. The van der Waals surface area contributed by atoms with E-state index in [4.69, 9.17) is 0 Å². The summed E-state index contributed by atoms with van der Waals surface area (Å²) in [5, 5.41) is 0.783. The van der Waals surface area contributed by atoms with Crippen molar-refractivity contribution in [3.8, 4) is 0 Å². The minimum absolute atomic E-state index is 0.0493. The number of rotatable bonds is 3. The van der Waals surface area contributed by atoms with Crippen molar-refractivity contribution in [2.24, 2.45) is 0 Å². The monoisotopic (exact) mass is 359 g/mol. The molecule has 25 heavy (non-hydrogen) atoms. The van der Waals surface area contributed by atoms with Gasteiger partial charge in [0.2, 0.25) is 15.9 Å². The molecule has 0 N–H and O–H groups in total. The van der Waals surface area contributed by atoms with E-state index in [1.165, 1.54) is 4.31 Å². The van der Waals surface area contributed by atoms with Gasteiger partial charge in [0.15, 0.2) is 0 Å². The molecule has 2 fully saturated rings. The smallest absolute Gasteiger partial charge is 0.245 e. The second-order valence-corrected chi connectivity index (χ2v) is 8.50. The van der Waals surface area contributed by atoms with Crippen LogP contribution in [0.15, 0.2) is 41.4 Å². The first kappa shape index (κ1) is 16.5. The number of fused-ring (bicyclic) bond motifs is 1. The number of hydrogen-bond donors (Lipinski definition) is 0. The molecule has 0 aliphatic carbocycles. The molecule has 6 nitrogen and oxygen atoms in total. The van der Waals surface area contributed by atoms with E-state index < -0.39 is 16.1 Å². The van der Waals surface area contributed by atoms with E-state index in [-0.39, 0.29) is 10.8 Å². The number of carbonyl (C=O) groups is 1. The number of nitrogens with zero attached hydrogens (tertiary/aromatic N) is 3. The first-order valence-electron chi connectivity index (χ1n) is 8.73. The molecule has 0 spiro atoms. The molecule has 7 heteroatoms. The lowest BCUT2D eigenvalue weighted by molar-refractivity contribution is -0.133. The number of likely N-dealkylation sites (tertiary alicyclic amines) is 1. The summed E-state index contributed by atoms with van der Waals surface area (Å²) in [6.07, 6.45) is 4.89. The molecule has 2 aliphatic rings. The lowest BCUT2D eigenvalue weighted by Gasteiger charge is -2.27. The van der Waals surface area contributed by atoms with Crippen LogP contribution in [0.2, 0.25) is 0 Å². The van der Waals surface area contributed by atoms with Gasteiger partial charge in [0, 0.05) is 31.2 Å². The van der Waals surface area contributed by atoms with Crippen LogP contribution < -0.4 is 0 Å². The fourth-order valence-electron chi connectivity index (χ4n) is 3.83. The van der Waals surface area contributed by atoms with Crippen LogP contribution in [0.5, 0.6) is 0 Å². The number of sulfonamides is 1. The first-order chi connectivity index (χ1) is 12.1. The van der Waals surface area contributed by atoms with Gasteiger partial charge in [-0.2, -0.15) is 4.31 Å². The summed E-state index contributed by atoms with van der Waals surface area (Å²) in [5.74, 6) is -0.0493. The van der Waals surface area contributed by atoms with Gasteiger partial charge in [-0.1, -0.05) is 18.2 Å². The summed E-state index contributed by atoms with van der Waals surface area (Å²) in [6.45, 7) is 1.86. The van der Waals surface area contributed by atoms with E-state index in [0.717, 1.165) is 31.3 Å². The van der Waals surface area contributed by atoms with Crippen LogP contribution >= 0.6 is 0 Å². The SMILES string of the molecule is O=C([C@@H]1CCCN1S(=O)(=O)c1cccc2cccnc12)N1CCCC1. The van der Waals surface area contributed by atoms with E-state index in [2.05, 4.69) is 4.98 Å². The summed E-state index contributed by atoms with van der Waals surface area (Å²) in [4.78, 5) is 19.1. The van der Waals surface area contributed by atoms with Gasteiger partial charge in [-0.15, -0.1) is 0 Å². The fraction of sp³-hybridized carbons (Fsp3) is 0.444. The minimum atomic E-state index is -3.77. The van der Waals surface area contributed by atoms with Crippen molar-refractivity contribution in [1.82, 2.24) is 14.2 Å². The quantitative estimate of drug-likeness (QED) is 0.840. The Balaban J connectivity index is 1.72. The molecule has 1 atom stereocenters. The summed E-state index contributed by atoms with van der Waals surface area (Å²) in [7, 11) is -3.77. The van der Waals surface area contributed by atoms with Crippen LogP contribution in [-0.2, 0) is 14.8 Å². The zero-order valence-corrected chi connectivity index (χ0v) is 14.8. The molecule has 0 radical (unpaired) electrons. The Morgan fingerprint density at radius 1 is 1.04 bits per heavy atom. The van der Waals surface area contributed by atoms with Gasteiger partial charge in [0.1, 0.15) is 10.9 Å². The maximum atomic E-state index is 13.3. The highest BCUT2D eigenvalue weighted by molar-refractivity contribution is 7.89. The van der Waals surface area contributed by atoms with E-state index in [1.807, 2.05) is 12.1 Å². The van der Waals surface area contributed by atoms with Gasteiger partial charge < -0.3 is 4.90 Å². The highest BCUT2D eigenvalue weighted by Crippen LogP contribution is 2.31. The van der Waals surface area contributed by atoms with E-state index in [9.17, 15) is 13.2 Å². The molecule has 2 aliphatic heterocycles. The van der Waals surface area contributed by atoms with Crippen LogP contribution in [0.1, 0.15) is 25.7 Å². The molecular weight excluding hydrogens is 338 g/mol. The molecule has 4 rings (SSSR count). The third kappa shape index (κ3) is 2.81. The largest absolute Gasteiger partial charge is 0.341 e. The Morgan fingerprint density at radius 3 is 2.60 bits per heavy atom. The second-order valence-electron chi connectivity index (χ2n) is 6.64. The average molecular weight is 359 g/mol. The zero-order chi connectivity index (χ0) is 17.4. The van der Waals surface area contributed by atoms with Crippen LogP contribution in [0.25, 0.3) is 10.9 Å². The maximum absolute atomic E-state index is 13.3. The van der Waals surface area contributed by atoms with Gasteiger partial charge in [-0.3, -0.25) is 9.78 Å². The molecule has 2 aromatic rings. The molecule has 1 aromatic heterocycles. The van der Waals surface area contributed by atoms with E-state index in [0.29, 0.717) is 24.9 Å². The third-order valence-electron chi connectivity index (χ3n) is 5.09. The zero-order valence-electron chi connectivity index (χ0n) is 14.0. The van der Waals surface area contributed by atoms with Crippen LogP contribution in [0.3, 0.4) is 0 Å².